The van der Waals surface area contributed by atoms with Gasteiger partial charge in [0.15, 0.2) is 0 Å². The van der Waals surface area contributed by atoms with Crippen LogP contribution in [-0.2, 0) is 6.18 Å². The molecule has 0 aliphatic heterocycles. The van der Waals surface area contributed by atoms with Crippen molar-refractivity contribution in [3.05, 3.63) is 86.2 Å². The van der Waals surface area contributed by atoms with E-state index in [-0.39, 0.29) is 22.5 Å². The van der Waals surface area contributed by atoms with Crippen molar-refractivity contribution >= 4 is 5.69 Å². The molecule has 0 saturated carbocycles. The molecule has 28 heavy (non-hydrogen) atoms. The maximum atomic E-state index is 13.4. The monoisotopic (exact) mass is 385 g/mol. The van der Waals surface area contributed by atoms with Crippen LogP contribution in [0.15, 0.2) is 59.4 Å². The molecule has 0 amide bonds. The summed E-state index contributed by atoms with van der Waals surface area (Å²) in [6.07, 6.45) is -4.68. The molecule has 0 aliphatic rings. The average Bonchev–Trinajstić information content (AvgIpc) is 2.66. The first-order valence-corrected chi connectivity index (χ1v) is 7.81. The van der Waals surface area contributed by atoms with Gasteiger partial charge in [0.25, 0.3) is 11.2 Å². The Morgan fingerprint density at radius 3 is 2.25 bits per heavy atom. The number of nitrogens with zero attached hydrogens (tertiary/aromatic N) is 2. The van der Waals surface area contributed by atoms with Gasteiger partial charge >= 0.3 is 6.18 Å². The Balaban J connectivity index is 2.25. The van der Waals surface area contributed by atoms with E-state index in [4.69, 9.17) is 0 Å². The summed E-state index contributed by atoms with van der Waals surface area (Å²) < 4.78 is 40.1. The van der Waals surface area contributed by atoms with Crippen LogP contribution in [0.5, 0.6) is 0 Å². The normalized spacial score (nSPS) is 11.1. The second-order valence-electron chi connectivity index (χ2n) is 5.76. The standard InChI is InChI=1S/C19H10F3N3O3/c20-19(21,22)16-4-2-1-3-13(16)14-9-17(24-18(26)15(14)10-23)11-5-7-12(8-6-11)25(27)28/h1-9H,(H,24,26). The smallest absolute Gasteiger partial charge is 0.321 e. The summed E-state index contributed by atoms with van der Waals surface area (Å²) in [4.78, 5) is 24.9. The molecule has 2 aromatic carbocycles. The van der Waals surface area contributed by atoms with Gasteiger partial charge in [-0.25, -0.2) is 0 Å². The zero-order valence-corrected chi connectivity index (χ0v) is 13.9. The minimum Gasteiger partial charge on any atom is -0.321 e. The molecule has 3 aromatic rings. The van der Waals surface area contributed by atoms with Gasteiger partial charge in [0.05, 0.1) is 10.5 Å². The van der Waals surface area contributed by atoms with E-state index < -0.39 is 27.8 Å². The van der Waals surface area contributed by atoms with E-state index >= 15 is 0 Å². The predicted molar refractivity (Wildman–Crippen MR) is 94.3 cm³/mol. The first-order valence-electron chi connectivity index (χ1n) is 7.81. The molecule has 6 nitrogen and oxygen atoms in total. The number of benzene rings is 2. The molecule has 0 radical (unpaired) electrons. The second kappa shape index (κ2) is 7.00. The summed E-state index contributed by atoms with van der Waals surface area (Å²) in [6, 6.07) is 12.6. The van der Waals surface area contributed by atoms with E-state index in [1.807, 2.05) is 0 Å². The van der Waals surface area contributed by atoms with Gasteiger partial charge < -0.3 is 4.98 Å². The molecule has 0 spiro atoms. The Bertz CT molecular complexity index is 1160. The van der Waals surface area contributed by atoms with Crippen molar-refractivity contribution in [1.82, 2.24) is 4.98 Å². The summed E-state index contributed by atoms with van der Waals surface area (Å²) in [5.74, 6) is 0. The van der Waals surface area contributed by atoms with Crippen molar-refractivity contribution < 1.29 is 18.1 Å². The SMILES string of the molecule is N#Cc1c(-c2ccccc2C(F)(F)F)cc(-c2ccc([N+](=O)[O-])cc2)[nH]c1=O. The van der Waals surface area contributed by atoms with E-state index in [0.29, 0.717) is 5.56 Å². The van der Waals surface area contributed by atoms with Gasteiger partial charge in [0, 0.05) is 23.4 Å². The lowest BCUT2D eigenvalue weighted by Crippen LogP contribution is -2.14. The Morgan fingerprint density at radius 2 is 1.68 bits per heavy atom. The number of H-pyrrole nitrogens is 1. The number of nitrogens with one attached hydrogen (secondary N) is 1. The Labute approximate surface area is 155 Å². The van der Waals surface area contributed by atoms with Gasteiger partial charge in [0.2, 0.25) is 0 Å². The van der Waals surface area contributed by atoms with Gasteiger partial charge in [-0.3, -0.25) is 14.9 Å². The molecule has 3 rings (SSSR count). The van der Waals surface area contributed by atoms with E-state index in [1.165, 1.54) is 48.5 Å². The van der Waals surface area contributed by atoms with E-state index in [2.05, 4.69) is 4.98 Å². The van der Waals surface area contributed by atoms with Crippen molar-refractivity contribution in [3.8, 4) is 28.5 Å². The van der Waals surface area contributed by atoms with Gasteiger partial charge in [-0.05, 0) is 35.4 Å². The third kappa shape index (κ3) is 3.48. The number of nitro groups is 1. The molecular weight excluding hydrogens is 375 g/mol. The fourth-order valence-corrected chi connectivity index (χ4v) is 2.77. The van der Waals surface area contributed by atoms with E-state index in [0.717, 1.165) is 6.07 Å². The van der Waals surface area contributed by atoms with Gasteiger partial charge in [-0.15, -0.1) is 0 Å². The molecule has 1 heterocycles. The maximum absolute atomic E-state index is 13.4. The molecule has 0 unspecified atom stereocenters. The van der Waals surface area contributed by atoms with Gasteiger partial charge in [-0.1, -0.05) is 18.2 Å². The van der Waals surface area contributed by atoms with Crippen LogP contribution >= 0.6 is 0 Å². The van der Waals surface area contributed by atoms with Crippen molar-refractivity contribution in [1.29, 1.82) is 5.26 Å². The first-order chi connectivity index (χ1) is 13.2. The Hall–Kier alpha value is -3.93. The molecule has 0 saturated heterocycles. The van der Waals surface area contributed by atoms with Crippen LogP contribution in [0.4, 0.5) is 18.9 Å². The topological polar surface area (TPSA) is 99.8 Å². The molecule has 0 fully saturated rings. The van der Waals surface area contributed by atoms with Crippen molar-refractivity contribution in [3.63, 3.8) is 0 Å². The highest BCUT2D eigenvalue weighted by atomic mass is 19.4. The highest BCUT2D eigenvalue weighted by Gasteiger charge is 2.34. The first kappa shape index (κ1) is 18.8. The van der Waals surface area contributed by atoms with Crippen LogP contribution in [-0.4, -0.2) is 9.91 Å². The number of hydrogen-bond acceptors (Lipinski definition) is 4. The molecule has 1 N–H and O–H groups in total. The number of alkyl halides is 3. The zero-order chi connectivity index (χ0) is 20.5. The minimum absolute atomic E-state index is 0.130. The van der Waals surface area contributed by atoms with Crippen molar-refractivity contribution in [2.24, 2.45) is 0 Å². The van der Waals surface area contributed by atoms with Crippen molar-refractivity contribution in [2.45, 2.75) is 6.18 Å². The fraction of sp³-hybridized carbons (Fsp3) is 0.0526. The van der Waals surface area contributed by atoms with Crippen LogP contribution in [0.1, 0.15) is 11.1 Å². The highest BCUT2D eigenvalue weighted by Crippen LogP contribution is 2.38. The number of non-ortho nitro benzene ring substituents is 1. The number of hydrogen-bond donors (Lipinski definition) is 1. The fourth-order valence-electron chi connectivity index (χ4n) is 2.77. The van der Waals surface area contributed by atoms with Gasteiger partial charge in [0.1, 0.15) is 11.6 Å². The zero-order valence-electron chi connectivity index (χ0n) is 13.9. The molecule has 140 valence electrons. The van der Waals surface area contributed by atoms with Crippen LogP contribution in [0, 0.1) is 21.4 Å². The predicted octanol–water partition coefficient (Wildman–Crippen LogP) is 4.51. The second-order valence-corrected chi connectivity index (χ2v) is 5.76. The number of rotatable bonds is 3. The third-order valence-corrected chi connectivity index (χ3v) is 4.06. The number of nitro benzene ring substituents is 1. The number of pyridine rings is 1. The van der Waals surface area contributed by atoms with Crippen LogP contribution < -0.4 is 5.56 Å². The lowest BCUT2D eigenvalue weighted by molar-refractivity contribution is -0.384. The lowest BCUT2D eigenvalue weighted by Gasteiger charge is -2.14. The molecular formula is C19H10F3N3O3. The summed E-state index contributed by atoms with van der Waals surface area (Å²) >= 11 is 0. The Kier molecular flexibility index (Phi) is 4.71. The van der Waals surface area contributed by atoms with Gasteiger partial charge in [-0.2, -0.15) is 18.4 Å². The molecule has 0 atom stereocenters. The Morgan fingerprint density at radius 1 is 1.04 bits per heavy atom. The summed E-state index contributed by atoms with van der Waals surface area (Å²) in [5, 5.41) is 20.0. The van der Waals surface area contributed by atoms with Crippen LogP contribution in [0.2, 0.25) is 0 Å². The number of nitriles is 1. The summed E-state index contributed by atoms with van der Waals surface area (Å²) in [5.41, 5.74) is -2.47. The van der Waals surface area contributed by atoms with E-state index in [1.54, 1.807) is 6.07 Å². The highest BCUT2D eigenvalue weighted by molar-refractivity contribution is 5.77. The van der Waals surface area contributed by atoms with Crippen LogP contribution in [0.3, 0.4) is 0 Å². The summed E-state index contributed by atoms with van der Waals surface area (Å²) in [7, 11) is 0. The summed E-state index contributed by atoms with van der Waals surface area (Å²) in [6.45, 7) is 0. The molecule has 9 heteroatoms. The van der Waals surface area contributed by atoms with E-state index in [9.17, 15) is 33.3 Å². The van der Waals surface area contributed by atoms with Crippen LogP contribution in [0.25, 0.3) is 22.4 Å². The largest absolute Gasteiger partial charge is 0.417 e. The quantitative estimate of drug-likeness (QED) is 0.530. The average molecular weight is 385 g/mol. The number of halogens is 3. The molecule has 0 bridgehead atoms. The molecule has 1 aromatic heterocycles. The minimum atomic E-state index is -4.68. The maximum Gasteiger partial charge on any atom is 0.417 e. The number of aromatic amines is 1. The molecule has 0 aliphatic carbocycles. The lowest BCUT2D eigenvalue weighted by atomic mass is 9.95. The van der Waals surface area contributed by atoms with Crippen molar-refractivity contribution in [2.75, 3.05) is 0 Å². The third-order valence-electron chi connectivity index (χ3n) is 4.06. The number of aromatic nitrogens is 1.